The Morgan fingerprint density at radius 3 is 2.91 bits per heavy atom. The third-order valence-electron chi connectivity index (χ3n) is 1.60. The summed E-state index contributed by atoms with van der Waals surface area (Å²) in [6, 6.07) is 0.357. The van der Waals surface area contributed by atoms with Crippen molar-refractivity contribution >= 4 is 35.5 Å². The van der Waals surface area contributed by atoms with E-state index in [0.717, 1.165) is 19.5 Å². The molecule has 1 saturated heterocycles. The van der Waals surface area contributed by atoms with Gasteiger partial charge in [0.05, 0.1) is 6.54 Å². The van der Waals surface area contributed by atoms with Crippen molar-refractivity contribution in [1.29, 1.82) is 0 Å². The zero-order chi connectivity index (χ0) is 7.40. The molecule has 1 heterocycles. The van der Waals surface area contributed by atoms with Gasteiger partial charge in [0.15, 0.2) is 0 Å². The molecule has 0 bridgehead atoms. The van der Waals surface area contributed by atoms with Gasteiger partial charge in [0.2, 0.25) is 0 Å². The summed E-state index contributed by atoms with van der Waals surface area (Å²) in [5, 5.41) is 14.4. The Morgan fingerprint density at radius 1 is 1.73 bits per heavy atom. The molecule has 5 heteroatoms. The van der Waals surface area contributed by atoms with Gasteiger partial charge in [-0.1, -0.05) is 0 Å². The van der Waals surface area contributed by atoms with Gasteiger partial charge in [0, 0.05) is 12.6 Å². The van der Waals surface area contributed by atoms with Crippen molar-refractivity contribution in [2.75, 3.05) is 19.6 Å². The van der Waals surface area contributed by atoms with Gasteiger partial charge >= 0.3 is 35.5 Å². The molecule has 3 N–H and O–H groups in total. The third kappa shape index (κ3) is 4.76. The molecule has 1 aliphatic rings. The second-order valence-corrected chi connectivity index (χ2v) is 2.46. The van der Waals surface area contributed by atoms with E-state index in [2.05, 4.69) is 10.6 Å². The summed E-state index contributed by atoms with van der Waals surface area (Å²) < 4.78 is 0. The Hall–Kier alpha value is 0.390. The summed E-state index contributed by atoms with van der Waals surface area (Å²) >= 11 is 0. The second-order valence-electron chi connectivity index (χ2n) is 2.46. The van der Waals surface area contributed by atoms with E-state index in [1.807, 2.05) is 0 Å². The molecule has 0 aliphatic carbocycles. The van der Waals surface area contributed by atoms with Crippen LogP contribution in [0.4, 0.5) is 0 Å². The fourth-order valence-electron chi connectivity index (χ4n) is 1.06. The number of carbonyl (C=O) groups is 1. The molecule has 60 valence electrons. The molecule has 0 saturated carbocycles. The van der Waals surface area contributed by atoms with Crippen molar-refractivity contribution < 1.29 is 9.90 Å². The Labute approximate surface area is 88.0 Å². The van der Waals surface area contributed by atoms with Crippen molar-refractivity contribution in [3.05, 3.63) is 0 Å². The van der Waals surface area contributed by atoms with Crippen LogP contribution < -0.4 is 10.6 Å². The van der Waals surface area contributed by atoms with Crippen molar-refractivity contribution in [3.63, 3.8) is 0 Å². The summed E-state index contributed by atoms with van der Waals surface area (Å²) in [5.74, 6) is -0.785. The molecular weight excluding hydrogens is 155 g/mol. The summed E-state index contributed by atoms with van der Waals surface area (Å²) in [4.78, 5) is 10.1. The SMILES string of the molecule is O=C(O)CNC1CCNC1.[NaH]. The Kier molecular flexibility index (Phi) is 6.18. The molecule has 0 radical (unpaired) electrons. The summed E-state index contributed by atoms with van der Waals surface area (Å²) in [7, 11) is 0. The van der Waals surface area contributed by atoms with Crippen LogP contribution in [0.25, 0.3) is 0 Å². The summed E-state index contributed by atoms with van der Waals surface area (Å²) in [6.07, 6.45) is 1.03. The summed E-state index contributed by atoms with van der Waals surface area (Å²) in [6.45, 7) is 1.97. The van der Waals surface area contributed by atoms with E-state index in [1.165, 1.54) is 0 Å². The van der Waals surface area contributed by atoms with Crippen LogP contribution in [0.15, 0.2) is 0 Å². The Bertz CT molecular complexity index is 126. The van der Waals surface area contributed by atoms with Crippen LogP contribution in [-0.2, 0) is 4.79 Å². The molecule has 4 nitrogen and oxygen atoms in total. The Morgan fingerprint density at radius 2 is 2.45 bits per heavy atom. The first-order valence-corrected chi connectivity index (χ1v) is 3.45. The number of hydrogen-bond acceptors (Lipinski definition) is 3. The Balaban J connectivity index is 0.000001000. The first-order chi connectivity index (χ1) is 4.79. The first kappa shape index (κ1) is 11.4. The molecular formula is C6H13N2NaO2. The van der Waals surface area contributed by atoms with Gasteiger partial charge in [-0.15, -0.1) is 0 Å². The van der Waals surface area contributed by atoms with E-state index in [4.69, 9.17) is 5.11 Å². The van der Waals surface area contributed by atoms with Crippen LogP contribution in [0.1, 0.15) is 6.42 Å². The molecule has 0 aromatic rings. The van der Waals surface area contributed by atoms with Crippen LogP contribution in [0.3, 0.4) is 0 Å². The topological polar surface area (TPSA) is 61.4 Å². The van der Waals surface area contributed by atoms with Gasteiger partial charge in [-0.2, -0.15) is 0 Å². The van der Waals surface area contributed by atoms with Gasteiger partial charge in [-0.25, -0.2) is 0 Å². The number of hydrogen-bond donors (Lipinski definition) is 3. The minimum absolute atomic E-state index is 0. The summed E-state index contributed by atoms with van der Waals surface area (Å²) in [5.41, 5.74) is 0. The van der Waals surface area contributed by atoms with Crippen LogP contribution >= 0.6 is 0 Å². The van der Waals surface area contributed by atoms with E-state index in [1.54, 1.807) is 0 Å². The van der Waals surface area contributed by atoms with Crippen molar-refractivity contribution in [2.45, 2.75) is 12.5 Å². The second kappa shape index (κ2) is 5.97. The molecule has 1 aliphatic heterocycles. The van der Waals surface area contributed by atoms with Gasteiger partial charge in [0.25, 0.3) is 0 Å². The fraction of sp³-hybridized carbons (Fsp3) is 0.833. The van der Waals surface area contributed by atoms with Gasteiger partial charge in [-0.05, 0) is 13.0 Å². The fourth-order valence-corrected chi connectivity index (χ4v) is 1.06. The molecule has 11 heavy (non-hydrogen) atoms. The minimum atomic E-state index is -0.785. The number of aliphatic carboxylic acids is 1. The van der Waals surface area contributed by atoms with E-state index < -0.39 is 5.97 Å². The predicted molar refractivity (Wildman–Crippen MR) is 44.1 cm³/mol. The number of nitrogens with one attached hydrogen (secondary N) is 2. The molecule has 0 aromatic carbocycles. The van der Waals surface area contributed by atoms with Crippen molar-refractivity contribution in [2.24, 2.45) is 0 Å². The number of carboxylic acid groups (broad SMARTS) is 1. The van der Waals surface area contributed by atoms with E-state index in [9.17, 15) is 4.79 Å². The number of carboxylic acids is 1. The quantitative estimate of drug-likeness (QED) is 0.443. The van der Waals surface area contributed by atoms with Crippen molar-refractivity contribution in [1.82, 2.24) is 10.6 Å². The average Bonchev–Trinajstić information content (AvgIpc) is 2.34. The zero-order valence-electron chi connectivity index (χ0n) is 5.76. The van der Waals surface area contributed by atoms with Crippen molar-refractivity contribution in [3.8, 4) is 0 Å². The standard InChI is InChI=1S/C6H12N2O2.Na.H/c9-6(10)4-8-5-1-2-7-3-5;;/h5,7-8H,1-4H2,(H,9,10);;. The molecule has 1 unspecified atom stereocenters. The van der Waals surface area contributed by atoms with E-state index in [0.29, 0.717) is 6.04 Å². The van der Waals surface area contributed by atoms with E-state index in [-0.39, 0.29) is 36.1 Å². The van der Waals surface area contributed by atoms with Crippen LogP contribution in [-0.4, -0.2) is 66.3 Å². The molecule has 1 rings (SSSR count). The zero-order valence-corrected chi connectivity index (χ0v) is 5.76. The predicted octanol–water partition coefficient (Wildman–Crippen LogP) is -1.63. The van der Waals surface area contributed by atoms with Gasteiger partial charge in [0.1, 0.15) is 0 Å². The van der Waals surface area contributed by atoms with Crippen LogP contribution in [0.2, 0.25) is 0 Å². The average molecular weight is 168 g/mol. The van der Waals surface area contributed by atoms with E-state index >= 15 is 0 Å². The number of rotatable bonds is 3. The maximum absolute atomic E-state index is 10.1. The molecule has 0 amide bonds. The first-order valence-electron chi connectivity index (χ1n) is 3.45. The van der Waals surface area contributed by atoms with Gasteiger partial charge < -0.3 is 15.7 Å². The maximum atomic E-state index is 10.1. The van der Waals surface area contributed by atoms with Crippen LogP contribution in [0.5, 0.6) is 0 Å². The monoisotopic (exact) mass is 168 g/mol. The van der Waals surface area contributed by atoms with Crippen LogP contribution in [0, 0.1) is 0 Å². The van der Waals surface area contributed by atoms with Gasteiger partial charge in [-0.3, -0.25) is 4.79 Å². The molecule has 0 aromatic heterocycles. The normalized spacial score (nSPS) is 22.7. The molecule has 1 atom stereocenters. The molecule has 1 fully saturated rings. The third-order valence-corrected chi connectivity index (χ3v) is 1.60. The molecule has 0 spiro atoms.